The Morgan fingerprint density at radius 1 is 1.13 bits per heavy atom. The predicted molar refractivity (Wildman–Crippen MR) is 123 cm³/mol. The van der Waals surface area contributed by atoms with Crippen LogP contribution in [0.15, 0.2) is 53.4 Å². The molecular formula is C23H20N2O4S2. The predicted octanol–water partition coefficient (Wildman–Crippen LogP) is 4.36. The third-order valence-corrected chi connectivity index (χ3v) is 8.26. The number of thiazole rings is 1. The third kappa shape index (κ3) is 3.66. The normalized spacial score (nSPS) is 13.1. The molecule has 0 saturated heterocycles. The molecule has 8 heteroatoms. The molecule has 3 aromatic carbocycles. The van der Waals surface area contributed by atoms with Crippen LogP contribution in [0.25, 0.3) is 21.0 Å². The highest BCUT2D eigenvalue weighted by atomic mass is 32.2. The number of benzene rings is 3. The molecule has 158 valence electrons. The van der Waals surface area contributed by atoms with Gasteiger partial charge in [0, 0.05) is 11.8 Å². The van der Waals surface area contributed by atoms with Crippen molar-refractivity contribution in [3.8, 4) is 5.75 Å². The molecule has 0 aliphatic heterocycles. The molecule has 1 heterocycles. The van der Waals surface area contributed by atoms with Crippen LogP contribution >= 0.6 is 11.3 Å². The quantitative estimate of drug-likeness (QED) is 0.470. The summed E-state index contributed by atoms with van der Waals surface area (Å²) >= 11 is 1.42. The van der Waals surface area contributed by atoms with Gasteiger partial charge < -0.3 is 10.1 Å². The molecule has 0 radical (unpaired) electrons. The van der Waals surface area contributed by atoms with Gasteiger partial charge in [0.15, 0.2) is 15.0 Å². The maximum absolute atomic E-state index is 12.5. The first-order valence-electron chi connectivity index (χ1n) is 9.95. The maximum atomic E-state index is 12.5. The fraction of sp³-hybridized carbons (Fsp3) is 0.217. The number of nitrogens with zero attached hydrogens (tertiary/aromatic N) is 1. The molecule has 31 heavy (non-hydrogen) atoms. The molecule has 1 aromatic heterocycles. The van der Waals surface area contributed by atoms with Crippen LogP contribution < -0.4 is 10.1 Å². The number of carbonyl (C=O) groups is 1. The highest BCUT2D eigenvalue weighted by Crippen LogP contribution is 2.39. The van der Waals surface area contributed by atoms with E-state index in [2.05, 4.69) is 28.5 Å². The summed E-state index contributed by atoms with van der Waals surface area (Å²) < 4.78 is 31.1. The molecule has 1 amide bonds. The number of aromatic nitrogens is 1. The van der Waals surface area contributed by atoms with Crippen LogP contribution in [0.2, 0.25) is 0 Å². The number of carbonyl (C=O) groups excluding carboxylic acids is 1. The van der Waals surface area contributed by atoms with Crippen molar-refractivity contribution < 1.29 is 17.9 Å². The van der Waals surface area contributed by atoms with Crippen molar-refractivity contribution in [2.24, 2.45) is 0 Å². The number of hydrogen-bond acceptors (Lipinski definition) is 6. The van der Waals surface area contributed by atoms with Gasteiger partial charge in [-0.05, 0) is 59.7 Å². The van der Waals surface area contributed by atoms with E-state index in [-0.39, 0.29) is 23.0 Å². The second-order valence-corrected chi connectivity index (χ2v) is 10.7. The van der Waals surface area contributed by atoms with Crippen molar-refractivity contribution in [3.63, 3.8) is 0 Å². The van der Waals surface area contributed by atoms with E-state index < -0.39 is 9.84 Å². The Kier molecular flexibility index (Phi) is 4.91. The lowest BCUT2D eigenvalue weighted by atomic mass is 10.0. The Morgan fingerprint density at radius 2 is 1.90 bits per heavy atom. The number of aryl methyl sites for hydroxylation is 2. The molecule has 1 aliphatic rings. The van der Waals surface area contributed by atoms with Gasteiger partial charge in [-0.2, -0.15) is 0 Å². The van der Waals surface area contributed by atoms with Crippen molar-refractivity contribution in [1.82, 2.24) is 4.98 Å². The fourth-order valence-corrected chi connectivity index (χ4v) is 6.27. The molecule has 0 saturated carbocycles. The van der Waals surface area contributed by atoms with Crippen LogP contribution in [0.4, 0.5) is 5.13 Å². The first-order valence-corrected chi connectivity index (χ1v) is 12.4. The van der Waals surface area contributed by atoms with E-state index in [1.807, 2.05) is 6.07 Å². The second-order valence-electron chi connectivity index (χ2n) is 7.53. The van der Waals surface area contributed by atoms with Gasteiger partial charge in [-0.25, -0.2) is 13.4 Å². The summed E-state index contributed by atoms with van der Waals surface area (Å²) in [5.74, 6) is -0.0598. The van der Waals surface area contributed by atoms with Crippen LogP contribution in [0.3, 0.4) is 0 Å². The van der Waals surface area contributed by atoms with Gasteiger partial charge in [0.05, 0.1) is 28.0 Å². The molecule has 0 atom stereocenters. The molecule has 0 unspecified atom stereocenters. The molecule has 6 nitrogen and oxygen atoms in total. The lowest BCUT2D eigenvalue weighted by molar-refractivity contribution is -0.115. The highest BCUT2D eigenvalue weighted by molar-refractivity contribution is 7.91. The zero-order valence-electron chi connectivity index (χ0n) is 16.8. The van der Waals surface area contributed by atoms with Crippen LogP contribution in [-0.2, 0) is 27.5 Å². The highest BCUT2D eigenvalue weighted by Gasteiger charge is 2.20. The van der Waals surface area contributed by atoms with E-state index >= 15 is 0 Å². The van der Waals surface area contributed by atoms with Crippen LogP contribution in [-0.4, -0.2) is 32.2 Å². The average Bonchev–Trinajstić information content (AvgIpc) is 3.37. The van der Waals surface area contributed by atoms with Crippen molar-refractivity contribution in [2.45, 2.75) is 24.2 Å². The monoisotopic (exact) mass is 452 g/mol. The van der Waals surface area contributed by atoms with Gasteiger partial charge in [0.2, 0.25) is 5.91 Å². The maximum Gasteiger partial charge on any atom is 0.227 e. The van der Waals surface area contributed by atoms with E-state index in [0.717, 1.165) is 28.4 Å². The summed E-state index contributed by atoms with van der Waals surface area (Å²) in [6.45, 7) is 0. The van der Waals surface area contributed by atoms with Crippen LogP contribution in [0.1, 0.15) is 17.5 Å². The average molecular weight is 453 g/mol. The number of nitrogens with one attached hydrogen (secondary N) is 1. The number of fused-ring (bicyclic) bond motifs is 2. The largest absolute Gasteiger partial charge is 0.497 e. The summed E-state index contributed by atoms with van der Waals surface area (Å²) in [4.78, 5) is 17.2. The standard InChI is InChI=1S/C23H20N2O4S2/c1-29-16-7-9-17(10-8-16)31(27,28)12-11-20(26)24-23-25-22-18-4-2-3-14-5-6-15(21(14)18)13-19(22)30-23/h2-4,7-10,13H,5-6,11-12H2,1H3,(H,24,25,26). The first kappa shape index (κ1) is 20.0. The van der Waals surface area contributed by atoms with E-state index in [1.54, 1.807) is 12.1 Å². The van der Waals surface area contributed by atoms with Gasteiger partial charge in [-0.15, -0.1) is 0 Å². The minimum absolute atomic E-state index is 0.138. The van der Waals surface area contributed by atoms with Crippen molar-refractivity contribution in [3.05, 3.63) is 59.7 Å². The van der Waals surface area contributed by atoms with Gasteiger partial charge >= 0.3 is 0 Å². The van der Waals surface area contributed by atoms with E-state index in [1.165, 1.54) is 47.1 Å². The lowest BCUT2D eigenvalue weighted by Gasteiger charge is -2.06. The van der Waals surface area contributed by atoms with Gasteiger partial charge in [0.1, 0.15) is 5.75 Å². The number of anilines is 1. The smallest absolute Gasteiger partial charge is 0.227 e. The molecule has 1 aliphatic carbocycles. The minimum Gasteiger partial charge on any atom is -0.497 e. The zero-order valence-corrected chi connectivity index (χ0v) is 18.5. The van der Waals surface area contributed by atoms with Gasteiger partial charge in [-0.1, -0.05) is 29.5 Å². The second kappa shape index (κ2) is 7.62. The van der Waals surface area contributed by atoms with Gasteiger partial charge in [0.25, 0.3) is 0 Å². The van der Waals surface area contributed by atoms with Crippen molar-refractivity contribution in [2.75, 3.05) is 18.2 Å². The molecule has 1 N–H and O–H groups in total. The zero-order chi connectivity index (χ0) is 21.6. The Bertz CT molecular complexity index is 1420. The van der Waals surface area contributed by atoms with E-state index in [0.29, 0.717) is 10.9 Å². The van der Waals surface area contributed by atoms with Crippen molar-refractivity contribution >= 4 is 53.2 Å². The number of sulfone groups is 1. The Morgan fingerprint density at radius 3 is 2.68 bits per heavy atom. The summed E-state index contributed by atoms with van der Waals surface area (Å²) in [6, 6.07) is 14.6. The molecule has 0 spiro atoms. The van der Waals surface area contributed by atoms with Crippen LogP contribution in [0.5, 0.6) is 5.75 Å². The minimum atomic E-state index is -3.56. The molecule has 5 rings (SSSR count). The first-order chi connectivity index (χ1) is 14.9. The Labute approximate surface area is 183 Å². The Balaban J connectivity index is 1.32. The number of rotatable bonds is 6. The summed E-state index contributed by atoms with van der Waals surface area (Å²) in [5, 5.41) is 5.66. The number of methoxy groups -OCH3 is 1. The number of ether oxygens (including phenoxy) is 1. The third-order valence-electron chi connectivity index (χ3n) is 5.61. The summed E-state index contributed by atoms with van der Waals surface area (Å²) in [7, 11) is -2.04. The summed E-state index contributed by atoms with van der Waals surface area (Å²) in [5.41, 5.74) is 3.55. The topological polar surface area (TPSA) is 85.4 Å². The summed E-state index contributed by atoms with van der Waals surface area (Å²) in [6.07, 6.45) is 1.94. The molecular weight excluding hydrogens is 432 g/mol. The molecule has 4 aromatic rings. The van der Waals surface area contributed by atoms with Gasteiger partial charge in [-0.3, -0.25) is 4.79 Å². The van der Waals surface area contributed by atoms with Crippen molar-refractivity contribution in [1.29, 1.82) is 0 Å². The fourth-order valence-electron chi connectivity index (χ4n) is 4.07. The van der Waals surface area contributed by atoms with E-state index in [4.69, 9.17) is 4.74 Å². The van der Waals surface area contributed by atoms with Crippen LogP contribution in [0, 0.1) is 0 Å². The SMILES string of the molecule is COc1ccc(S(=O)(=O)CCC(=O)Nc2nc3c(cc4c5c(cccc53)CC4)s2)cc1. The number of amides is 1. The van der Waals surface area contributed by atoms with E-state index in [9.17, 15) is 13.2 Å². The number of hydrogen-bond donors (Lipinski definition) is 1. The molecule has 0 fully saturated rings. The Hall–Kier alpha value is -2.97. The molecule has 0 bridgehead atoms. The lowest BCUT2D eigenvalue weighted by Crippen LogP contribution is -2.17.